The van der Waals surface area contributed by atoms with E-state index in [0.29, 0.717) is 32.0 Å². The number of ether oxygens (including phenoxy) is 2. The Labute approximate surface area is 167 Å². The number of rotatable bonds is 19. The molecule has 0 aromatic heterocycles. The van der Waals surface area contributed by atoms with Crippen LogP contribution in [0.4, 0.5) is 0 Å². The van der Waals surface area contributed by atoms with Crippen LogP contribution in [-0.2, 0) is 19.1 Å². The average molecular weight is 385 g/mol. The maximum atomic E-state index is 11.7. The molecule has 27 heavy (non-hydrogen) atoms. The van der Waals surface area contributed by atoms with E-state index in [1.54, 1.807) is 0 Å². The monoisotopic (exact) mass is 384 g/mol. The summed E-state index contributed by atoms with van der Waals surface area (Å²) in [7, 11) is 0. The molecule has 0 rings (SSSR count). The molecule has 0 N–H and O–H groups in total. The summed E-state index contributed by atoms with van der Waals surface area (Å²) in [6, 6.07) is 0. The summed E-state index contributed by atoms with van der Waals surface area (Å²) in [6.07, 6.45) is 15.5. The first kappa shape index (κ1) is 25.9. The molecule has 0 bridgehead atoms. The second-order valence-corrected chi connectivity index (χ2v) is 7.83. The molecule has 0 aromatic rings. The Morgan fingerprint density at radius 2 is 1.19 bits per heavy atom. The molecule has 0 aliphatic heterocycles. The molecule has 4 nitrogen and oxygen atoms in total. The largest absolute Gasteiger partial charge is 0.466 e. The van der Waals surface area contributed by atoms with E-state index < -0.39 is 0 Å². The van der Waals surface area contributed by atoms with E-state index in [9.17, 15) is 9.59 Å². The van der Waals surface area contributed by atoms with Crippen molar-refractivity contribution in [3.8, 4) is 0 Å². The zero-order chi connectivity index (χ0) is 20.2. The van der Waals surface area contributed by atoms with E-state index >= 15 is 0 Å². The SMILES string of the molecule is CCCCCCCCCCOC(=O)CCCCCC(=O)OCC(C)CCC. The van der Waals surface area contributed by atoms with E-state index in [1.807, 2.05) is 0 Å². The predicted molar refractivity (Wildman–Crippen MR) is 112 cm³/mol. The van der Waals surface area contributed by atoms with Gasteiger partial charge < -0.3 is 9.47 Å². The fourth-order valence-corrected chi connectivity index (χ4v) is 3.09. The first-order valence-electron chi connectivity index (χ1n) is 11.4. The van der Waals surface area contributed by atoms with Gasteiger partial charge in [0.1, 0.15) is 0 Å². The third-order valence-electron chi connectivity index (χ3n) is 4.83. The van der Waals surface area contributed by atoms with Gasteiger partial charge >= 0.3 is 11.9 Å². The summed E-state index contributed by atoms with van der Waals surface area (Å²) in [5, 5.41) is 0. The predicted octanol–water partition coefficient (Wildman–Crippen LogP) is 6.60. The van der Waals surface area contributed by atoms with Crippen molar-refractivity contribution in [1.82, 2.24) is 0 Å². The Morgan fingerprint density at radius 3 is 1.78 bits per heavy atom. The van der Waals surface area contributed by atoms with Gasteiger partial charge in [-0.15, -0.1) is 0 Å². The molecule has 0 aliphatic rings. The highest BCUT2D eigenvalue weighted by atomic mass is 16.5. The Kier molecular flexibility index (Phi) is 18.9. The minimum atomic E-state index is -0.116. The van der Waals surface area contributed by atoms with Gasteiger partial charge in [-0.1, -0.05) is 78.6 Å². The summed E-state index contributed by atoms with van der Waals surface area (Å²) in [6.45, 7) is 7.56. The zero-order valence-corrected chi connectivity index (χ0v) is 18.2. The Balaban J connectivity index is 3.35. The zero-order valence-electron chi connectivity index (χ0n) is 18.2. The molecule has 0 heterocycles. The van der Waals surface area contributed by atoms with Gasteiger partial charge in [-0.2, -0.15) is 0 Å². The van der Waals surface area contributed by atoms with Crippen LogP contribution < -0.4 is 0 Å². The number of carbonyl (C=O) groups is 2. The van der Waals surface area contributed by atoms with E-state index in [0.717, 1.165) is 44.9 Å². The van der Waals surface area contributed by atoms with Crippen molar-refractivity contribution in [2.75, 3.05) is 13.2 Å². The highest BCUT2D eigenvalue weighted by Gasteiger charge is 2.07. The van der Waals surface area contributed by atoms with Gasteiger partial charge in [-0.25, -0.2) is 0 Å². The Hall–Kier alpha value is -1.06. The van der Waals surface area contributed by atoms with Crippen LogP contribution >= 0.6 is 0 Å². The summed E-state index contributed by atoms with van der Waals surface area (Å²) < 4.78 is 10.5. The minimum Gasteiger partial charge on any atom is -0.466 e. The molecular formula is C23H44O4. The summed E-state index contributed by atoms with van der Waals surface area (Å²) in [4.78, 5) is 23.3. The quantitative estimate of drug-likeness (QED) is 0.186. The molecule has 1 unspecified atom stereocenters. The van der Waals surface area contributed by atoms with Gasteiger partial charge in [0.2, 0.25) is 0 Å². The second-order valence-electron chi connectivity index (χ2n) is 7.83. The Morgan fingerprint density at radius 1 is 0.667 bits per heavy atom. The van der Waals surface area contributed by atoms with Crippen molar-refractivity contribution < 1.29 is 19.1 Å². The second kappa shape index (κ2) is 19.7. The van der Waals surface area contributed by atoms with Crippen LogP contribution in [0.25, 0.3) is 0 Å². The number of hydrogen-bond acceptors (Lipinski definition) is 4. The number of unbranched alkanes of at least 4 members (excludes halogenated alkanes) is 9. The van der Waals surface area contributed by atoms with Crippen LogP contribution in [0.15, 0.2) is 0 Å². The standard InChI is InChI=1S/C23H44O4/c1-4-6-7-8-9-10-11-15-19-26-22(24)17-13-12-14-18-23(25)27-20-21(3)16-5-2/h21H,4-20H2,1-3H3. The van der Waals surface area contributed by atoms with Crippen molar-refractivity contribution in [2.24, 2.45) is 5.92 Å². The molecule has 1 atom stereocenters. The molecule has 4 heteroatoms. The first-order valence-corrected chi connectivity index (χ1v) is 11.4. The average Bonchev–Trinajstić information content (AvgIpc) is 2.65. The van der Waals surface area contributed by atoms with Crippen molar-refractivity contribution in [1.29, 1.82) is 0 Å². The van der Waals surface area contributed by atoms with Crippen molar-refractivity contribution in [3.63, 3.8) is 0 Å². The highest BCUT2D eigenvalue weighted by molar-refractivity contribution is 5.69. The maximum absolute atomic E-state index is 11.7. The van der Waals surface area contributed by atoms with Gasteiger partial charge in [0.05, 0.1) is 13.2 Å². The van der Waals surface area contributed by atoms with E-state index in [4.69, 9.17) is 9.47 Å². The smallest absolute Gasteiger partial charge is 0.305 e. The minimum absolute atomic E-state index is 0.103. The van der Waals surface area contributed by atoms with E-state index in [2.05, 4.69) is 20.8 Å². The number of esters is 2. The van der Waals surface area contributed by atoms with Crippen molar-refractivity contribution >= 4 is 11.9 Å². The van der Waals surface area contributed by atoms with Gasteiger partial charge in [-0.3, -0.25) is 9.59 Å². The molecule has 0 spiro atoms. The summed E-state index contributed by atoms with van der Waals surface area (Å²) in [5.74, 6) is 0.221. The molecule has 0 aromatic carbocycles. The van der Waals surface area contributed by atoms with Gasteiger partial charge in [0.25, 0.3) is 0 Å². The lowest BCUT2D eigenvalue weighted by Gasteiger charge is -2.10. The van der Waals surface area contributed by atoms with Crippen LogP contribution in [0.5, 0.6) is 0 Å². The van der Waals surface area contributed by atoms with Gasteiger partial charge in [-0.05, 0) is 31.6 Å². The first-order chi connectivity index (χ1) is 13.1. The highest BCUT2D eigenvalue weighted by Crippen LogP contribution is 2.10. The molecule has 0 aliphatic carbocycles. The van der Waals surface area contributed by atoms with Crippen LogP contribution in [0, 0.1) is 5.92 Å². The van der Waals surface area contributed by atoms with Crippen molar-refractivity contribution in [3.05, 3.63) is 0 Å². The van der Waals surface area contributed by atoms with Crippen LogP contribution in [0.3, 0.4) is 0 Å². The Bertz CT molecular complexity index is 354. The van der Waals surface area contributed by atoms with Crippen LogP contribution in [0.1, 0.15) is 117 Å². The lowest BCUT2D eigenvalue weighted by atomic mass is 10.1. The molecule has 0 saturated heterocycles. The summed E-state index contributed by atoms with van der Waals surface area (Å²) in [5.41, 5.74) is 0. The van der Waals surface area contributed by atoms with Gasteiger partial charge in [0.15, 0.2) is 0 Å². The van der Waals surface area contributed by atoms with E-state index in [1.165, 1.54) is 38.5 Å². The molecule has 0 radical (unpaired) electrons. The molecule has 0 amide bonds. The molecule has 0 saturated carbocycles. The lowest BCUT2D eigenvalue weighted by molar-refractivity contribution is -0.145. The maximum Gasteiger partial charge on any atom is 0.305 e. The molecule has 0 fully saturated rings. The van der Waals surface area contributed by atoms with Crippen LogP contribution in [0.2, 0.25) is 0 Å². The summed E-state index contributed by atoms with van der Waals surface area (Å²) >= 11 is 0. The molecular weight excluding hydrogens is 340 g/mol. The van der Waals surface area contributed by atoms with Crippen LogP contribution in [-0.4, -0.2) is 25.2 Å². The fraction of sp³-hybridized carbons (Fsp3) is 0.913. The fourth-order valence-electron chi connectivity index (χ4n) is 3.09. The molecule has 160 valence electrons. The lowest BCUT2D eigenvalue weighted by Crippen LogP contribution is -2.11. The van der Waals surface area contributed by atoms with Gasteiger partial charge in [0, 0.05) is 12.8 Å². The van der Waals surface area contributed by atoms with Crippen molar-refractivity contribution in [2.45, 2.75) is 117 Å². The number of carbonyl (C=O) groups excluding carboxylic acids is 2. The number of hydrogen-bond donors (Lipinski definition) is 0. The third kappa shape index (κ3) is 19.5. The van der Waals surface area contributed by atoms with E-state index in [-0.39, 0.29) is 11.9 Å². The third-order valence-corrected chi connectivity index (χ3v) is 4.83. The normalized spacial score (nSPS) is 12.0. The topological polar surface area (TPSA) is 52.6 Å².